The van der Waals surface area contributed by atoms with E-state index in [4.69, 9.17) is 15.7 Å². The average Bonchev–Trinajstić information content (AvgIpc) is 3.45. The second-order valence-corrected chi connectivity index (χ2v) is 14.5. The molecule has 2 aromatic heterocycles. The van der Waals surface area contributed by atoms with Gasteiger partial charge >= 0.3 is 0 Å². The summed E-state index contributed by atoms with van der Waals surface area (Å²) in [4.78, 5) is 19.2. The van der Waals surface area contributed by atoms with Crippen LogP contribution in [0.15, 0.2) is 72.9 Å². The zero-order valence-corrected chi connectivity index (χ0v) is 31.1. The third kappa shape index (κ3) is 8.44. The van der Waals surface area contributed by atoms with Gasteiger partial charge in [-0.2, -0.15) is 0 Å². The number of anilines is 1. The fourth-order valence-corrected chi connectivity index (χ4v) is 7.65. The molecule has 2 aliphatic rings. The van der Waals surface area contributed by atoms with E-state index in [9.17, 15) is 8.78 Å². The SMILES string of the molecule is C=C1Nc2nc3ccc(C(=C)N(C)C4CCN(CCc5cc(F)cc(F)c5)CC4)cc3n2C[C@H](C)CCCCC(=NC)C(=CN)c2cc1cc(C)n2. The van der Waals surface area contributed by atoms with Gasteiger partial charge in [0.25, 0.3) is 0 Å². The van der Waals surface area contributed by atoms with E-state index >= 15 is 0 Å². The Morgan fingerprint density at radius 3 is 2.52 bits per heavy atom. The van der Waals surface area contributed by atoms with E-state index in [-0.39, 0.29) is 0 Å². The first kappa shape index (κ1) is 36.9. The molecule has 0 aliphatic carbocycles. The molecule has 6 rings (SSSR count). The molecule has 0 amide bonds. The van der Waals surface area contributed by atoms with Gasteiger partial charge < -0.3 is 25.4 Å². The van der Waals surface area contributed by atoms with Gasteiger partial charge in [-0.15, -0.1) is 0 Å². The Hall–Kier alpha value is -4.83. The highest BCUT2D eigenvalue weighted by atomic mass is 19.1. The van der Waals surface area contributed by atoms with Crippen molar-refractivity contribution in [3.05, 3.63) is 108 Å². The number of aliphatic imine (C=N–C) groups is 1. The van der Waals surface area contributed by atoms with Gasteiger partial charge in [0, 0.05) is 92.5 Å². The van der Waals surface area contributed by atoms with Crippen molar-refractivity contribution in [2.75, 3.05) is 39.0 Å². The number of piperidine rings is 1. The Labute approximate surface area is 306 Å². The van der Waals surface area contributed by atoms with Gasteiger partial charge in [0.05, 0.1) is 16.7 Å². The summed E-state index contributed by atoms with van der Waals surface area (Å²) in [5.74, 6) is 0.125. The second kappa shape index (κ2) is 16.2. The van der Waals surface area contributed by atoms with Crippen LogP contribution < -0.4 is 11.1 Å². The van der Waals surface area contributed by atoms with Crippen molar-refractivity contribution >= 4 is 39.7 Å². The molecule has 0 radical (unpaired) electrons. The Morgan fingerprint density at radius 2 is 1.81 bits per heavy atom. The molecule has 10 heteroatoms. The lowest BCUT2D eigenvalue weighted by Gasteiger charge is -2.38. The largest absolute Gasteiger partial charge is 0.404 e. The van der Waals surface area contributed by atoms with Crippen LogP contribution in [-0.2, 0) is 13.0 Å². The standard InChI is InChI=1S/C42H52F2N8/c1-27-9-7-8-10-38(46-5)37(25-45)40-22-33(19-28(2)47-40)29(3)48-42-49-39-12-11-32(23-41(39)52(42)26-27)30(4)50(6)36-14-17-51(18-15-36)16-13-31-20-34(43)24-35(44)21-31/h11-12,19-25,27,36H,3-4,7-10,13-18,26,45H2,1-2,5-6H3,(H,48,49)/t27-/m1/s1. The highest BCUT2D eigenvalue weighted by molar-refractivity contribution is 6.23. The molecule has 0 spiro atoms. The molecule has 8 nitrogen and oxygen atoms in total. The Bertz CT molecular complexity index is 1980. The highest BCUT2D eigenvalue weighted by Crippen LogP contribution is 2.31. The van der Waals surface area contributed by atoms with Crippen LogP contribution in [0, 0.1) is 24.5 Å². The van der Waals surface area contributed by atoms with Crippen molar-refractivity contribution in [3.8, 4) is 0 Å². The van der Waals surface area contributed by atoms with Crippen LogP contribution in [0.25, 0.3) is 28.0 Å². The number of aromatic nitrogens is 3. The van der Waals surface area contributed by atoms with Crippen molar-refractivity contribution in [2.24, 2.45) is 16.6 Å². The van der Waals surface area contributed by atoms with Crippen molar-refractivity contribution < 1.29 is 8.78 Å². The van der Waals surface area contributed by atoms with Crippen LogP contribution in [-0.4, -0.2) is 69.8 Å². The number of allylic oxidation sites excluding steroid dienone is 1. The maximum atomic E-state index is 13.7. The first-order chi connectivity index (χ1) is 25.0. The minimum atomic E-state index is -0.521. The molecule has 3 N–H and O–H groups in total. The lowest BCUT2D eigenvalue weighted by Crippen LogP contribution is -2.43. The van der Waals surface area contributed by atoms with Crippen LogP contribution in [0.3, 0.4) is 0 Å². The van der Waals surface area contributed by atoms with E-state index in [1.807, 2.05) is 26.1 Å². The first-order valence-electron chi connectivity index (χ1n) is 18.5. The number of pyridine rings is 1. The summed E-state index contributed by atoms with van der Waals surface area (Å²) >= 11 is 0. The maximum Gasteiger partial charge on any atom is 0.208 e. The number of fused-ring (bicyclic) bond motifs is 5. The number of aryl methyl sites for hydroxylation is 1. The van der Waals surface area contributed by atoms with E-state index in [1.165, 1.54) is 12.1 Å². The number of nitrogens with one attached hydrogen (secondary N) is 1. The van der Waals surface area contributed by atoms with E-state index in [0.717, 1.165) is 133 Å². The van der Waals surface area contributed by atoms with Gasteiger partial charge in [-0.05, 0) is 98.9 Å². The molecule has 0 unspecified atom stereocenters. The fourth-order valence-electron chi connectivity index (χ4n) is 7.65. The van der Waals surface area contributed by atoms with Crippen LogP contribution in [0.1, 0.15) is 73.5 Å². The molecule has 274 valence electrons. The predicted molar refractivity (Wildman–Crippen MR) is 211 cm³/mol. The molecular formula is C42H52F2N8. The van der Waals surface area contributed by atoms with E-state index in [1.54, 1.807) is 6.20 Å². The van der Waals surface area contributed by atoms with Gasteiger partial charge in [0.1, 0.15) is 11.6 Å². The molecule has 1 atom stereocenters. The summed E-state index contributed by atoms with van der Waals surface area (Å²) < 4.78 is 29.6. The highest BCUT2D eigenvalue weighted by Gasteiger charge is 2.25. The number of likely N-dealkylation sites (tertiary alicyclic amines) is 1. The zero-order valence-electron chi connectivity index (χ0n) is 31.1. The summed E-state index contributed by atoms with van der Waals surface area (Å²) in [6.45, 7) is 16.7. The quantitative estimate of drug-likeness (QED) is 0.210. The number of halogens is 2. The molecular weight excluding hydrogens is 655 g/mol. The van der Waals surface area contributed by atoms with Gasteiger partial charge in [-0.25, -0.2) is 13.8 Å². The topological polar surface area (TPSA) is 87.6 Å². The van der Waals surface area contributed by atoms with Gasteiger partial charge in [-0.3, -0.25) is 9.98 Å². The van der Waals surface area contributed by atoms with E-state index < -0.39 is 11.6 Å². The van der Waals surface area contributed by atoms with Crippen LogP contribution in [0.2, 0.25) is 0 Å². The minimum Gasteiger partial charge on any atom is -0.404 e. The number of rotatable bonds is 6. The summed E-state index contributed by atoms with van der Waals surface area (Å²) in [5.41, 5.74) is 16.0. The summed E-state index contributed by atoms with van der Waals surface area (Å²) in [6.07, 6.45) is 8.22. The van der Waals surface area contributed by atoms with Crippen molar-refractivity contribution in [1.29, 1.82) is 0 Å². The minimum absolute atomic E-state index is 0.348. The molecule has 0 saturated carbocycles. The third-order valence-corrected chi connectivity index (χ3v) is 10.7. The van der Waals surface area contributed by atoms with Crippen molar-refractivity contribution in [3.63, 3.8) is 0 Å². The summed E-state index contributed by atoms with van der Waals surface area (Å²) in [5, 5.41) is 3.56. The molecule has 52 heavy (non-hydrogen) atoms. The number of nitrogens with zero attached hydrogens (tertiary/aromatic N) is 6. The summed E-state index contributed by atoms with van der Waals surface area (Å²) in [6, 6.07) is 14.6. The molecule has 4 heterocycles. The predicted octanol–water partition coefficient (Wildman–Crippen LogP) is 8.29. The van der Waals surface area contributed by atoms with E-state index in [0.29, 0.717) is 23.9 Å². The smallest absolute Gasteiger partial charge is 0.208 e. The molecule has 1 saturated heterocycles. The van der Waals surface area contributed by atoms with Crippen LogP contribution >= 0.6 is 0 Å². The number of hydrogen-bond donors (Lipinski definition) is 2. The third-order valence-electron chi connectivity index (χ3n) is 10.7. The van der Waals surface area contributed by atoms with Crippen LogP contribution in [0.4, 0.5) is 14.7 Å². The van der Waals surface area contributed by atoms with Gasteiger partial charge in [0.2, 0.25) is 5.95 Å². The Kier molecular flexibility index (Phi) is 11.5. The second-order valence-electron chi connectivity index (χ2n) is 14.5. The number of imidazole rings is 1. The lowest BCUT2D eigenvalue weighted by atomic mass is 9.97. The normalized spacial score (nSPS) is 19.7. The number of benzene rings is 2. The summed E-state index contributed by atoms with van der Waals surface area (Å²) in [7, 11) is 3.96. The molecule has 2 aliphatic heterocycles. The zero-order chi connectivity index (χ0) is 36.9. The van der Waals surface area contributed by atoms with Gasteiger partial charge in [-0.1, -0.05) is 32.6 Å². The number of nitrogens with two attached hydrogens (primary N) is 1. The van der Waals surface area contributed by atoms with E-state index in [2.05, 4.69) is 70.0 Å². The monoisotopic (exact) mass is 706 g/mol. The van der Waals surface area contributed by atoms with Gasteiger partial charge in [0.15, 0.2) is 0 Å². The van der Waals surface area contributed by atoms with Crippen molar-refractivity contribution in [2.45, 2.75) is 71.4 Å². The first-order valence-corrected chi connectivity index (χ1v) is 18.5. The average molecular weight is 707 g/mol. The van der Waals surface area contributed by atoms with Crippen LogP contribution in [0.5, 0.6) is 0 Å². The Balaban J connectivity index is 1.21. The molecule has 1 fully saturated rings. The molecule has 4 aromatic rings. The maximum absolute atomic E-state index is 13.7. The molecule has 2 aromatic carbocycles. The lowest BCUT2D eigenvalue weighted by molar-refractivity contribution is 0.162. The number of hydrogen-bond acceptors (Lipinski definition) is 7. The fraction of sp³-hybridized carbons (Fsp3) is 0.405. The van der Waals surface area contributed by atoms with Crippen molar-refractivity contribution in [1.82, 2.24) is 24.3 Å². The Morgan fingerprint density at radius 1 is 1.06 bits per heavy atom. The molecule has 2 bridgehead atoms.